The van der Waals surface area contributed by atoms with Crippen LogP contribution in [0, 0.1) is 22.0 Å². The number of carbonyl (C=O) groups is 2. The second-order valence-corrected chi connectivity index (χ2v) is 8.66. The average Bonchev–Trinajstić information content (AvgIpc) is 3.22. The Hall–Kier alpha value is -2.55. The molecule has 0 radical (unpaired) electrons. The van der Waals surface area contributed by atoms with E-state index in [2.05, 4.69) is 12.1 Å². The molecule has 0 saturated carbocycles. The predicted molar refractivity (Wildman–Crippen MR) is 114 cm³/mol. The summed E-state index contributed by atoms with van der Waals surface area (Å²) in [6.45, 7) is 3.37. The van der Waals surface area contributed by atoms with Crippen LogP contribution in [-0.4, -0.2) is 63.6 Å². The van der Waals surface area contributed by atoms with Gasteiger partial charge in [-0.05, 0) is 31.6 Å². The summed E-state index contributed by atoms with van der Waals surface area (Å²) in [4.78, 5) is 39.3. The maximum Gasteiger partial charge on any atom is 0.309 e. The second-order valence-electron chi connectivity index (χ2n) is 7.83. The molecule has 8 nitrogen and oxygen atoms in total. The number of carboxylic acids is 1. The number of thioether (sulfide) groups is 1. The van der Waals surface area contributed by atoms with E-state index in [1.807, 2.05) is 18.2 Å². The van der Waals surface area contributed by atoms with Crippen LogP contribution >= 0.6 is 11.8 Å². The van der Waals surface area contributed by atoms with E-state index in [9.17, 15) is 24.8 Å². The number of rotatable bonds is 6. The third kappa shape index (κ3) is 4.61. The number of piperidine rings is 1. The van der Waals surface area contributed by atoms with Gasteiger partial charge in [-0.2, -0.15) is 0 Å². The highest BCUT2D eigenvalue weighted by Crippen LogP contribution is 2.37. The van der Waals surface area contributed by atoms with E-state index in [4.69, 9.17) is 0 Å². The van der Waals surface area contributed by atoms with Crippen LogP contribution in [0.5, 0.6) is 0 Å². The van der Waals surface area contributed by atoms with Crippen LogP contribution in [0.1, 0.15) is 31.2 Å². The first-order valence-electron chi connectivity index (χ1n) is 10.1. The van der Waals surface area contributed by atoms with Gasteiger partial charge in [-0.25, -0.2) is 0 Å². The third-order valence-electron chi connectivity index (χ3n) is 6.21. The first kappa shape index (κ1) is 22.1. The van der Waals surface area contributed by atoms with E-state index in [0.29, 0.717) is 31.1 Å². The zero-order valence-corrected chi connectivity index (χ0v) is 18.0. The molecule has 2 saturated heterocycles. The second kappa shape index (κ2) is 9.51. The van der Waals surface area contributed by atoms with Gasteiger partial charge < -0.3 is 14.9 Å². The number of aliphatic carboxylic acids is 1. The molecular formula is C21H27N3O5S. The maximum atomic E-state index is 13.3. The van der Waals surface area contributed by atoms with E-state index in [0.717, 1.165) is 12.6 Å². The summed E-state index contributed by atoms with van der Waals surface area (Å²) < 4.78 is 0. The van der Waals surface area contributed by atoms with Crippen molar-refractivity contribution in [3.63, 3.8) is 0 Å². The van der Waals surface area contributed by atoms with Crippen LogP contribution in [0.4, 0.5) is 0 Å². The number of benzene rings is 1. The average molecular weight is 434 g/mol. The number of nitro groups is 1. The number of amides is 1. The minimum atomic E-state index is -1.04. The Morgan fingerprint density at radius 1 is 1.23 bits per heavy atom. The summed E-state index contributed by atoms with van der Waals surface area (Å²) in [6, 6.07) is 9.54. The van der Waals surface area contributed by atoms with Crippen LogP contribution in [0.15, 0.2) is 41.6 Å². The van der Waals surface area contributed by atoms with Crippen molar-refractivity contribution in [3.8, 4) is 0 Å². The van der Waals surface area contributed by atoms with Crippen molar-refractivity contribution in [1.29, 1.82) is 0 Å². The minimum Gasteiger partial charge on any atom is -0.481 e. The Balaban J connectivity index is 1.75. The number of likely N-dealkylation sites (tertiary alicyclic amines) is 2. The molecule has 2 fully saturated rings. The minimum absolute atomic E-state index is 0.115. The molecule has 2 aliphatic heterocycles. The Labute approximate surface area is 180 Å². The fourth-order valence-electron chi connectivity index (χ4n) is 4.68. The molecule has 2 aliphatic rings. The summed E-state index contributed by atoms with van der Waals surface area (Å²) in [5.74, 6) is -2.42. The van der Waals surface area contributed by atoms with E-state index in [1.165, 1.54) is 17.3 Å². The Kier molecular flexibility index (Phi) is 7.02. The molecule has 1 unspecified atom stereocenters. The Morgan fingerprint density at radius 3 is 2.53 bits per heavy atom. The van der Waals surface area contributed by atoms with E-state index < -0.39 is 28.8 Å². The first-order chi connectivity index (χ1) is 14.3. The zero-order valence-electron chi connectivity index (χ0n) is 17.1. The Morgan fingerprint density at radius 2 is 1.93 bits per heavy atom. The van der Waals surface area contributed by atoms with Gasteiger partial charge in [0.25, 0.3) is 6.20 Å². The number of carbonyl (C=O) groups excluding carboxylic acids is 1. The van der Waals surface area contributed by atoms with Gasteiger partial charge in [-0.15, -0.1) is 11.8 Å². The summed E-state index contributed by atoms with van der Waals surface area (Å²) >= 11 is 1.21. The molecule has 2 heterocycles. The van der Waals surface area contributed by atoms with Crippen molar-refractivity contribution in [1.82, 2.24) is 9.80 Å². The standard InChI is InChI=1S/C21H27N3O5S/c1-14-19(21(26)27)17(9-11-23(14)18(30-2)13-24(28)29)20(25)22-10-8-16(12-22)15-6-4-3-5-7-15/h3-7,13-14,16-17,19H,8-12H2,1-2H3,(H,26,27)/t14?,16-,17-,19-/m0/s1. The van der Waals surface area contributed by atoms with E-state index >= 15 is 0 Å². The molecule has 1 N–H and O–H groups in total. The van der Waals surface area contributed by atoms with E-state index in [-0.39, 0.29) is 11.8 Å². The summed E-state index contributed by atoms with van der Waals surface area (Å²) in [5, 5.41) is 21.2. The van der Waals surface area contributed by atoms with Crippen LogP contribution in [-0.2, 0) is 9.59 Å². The molecule has 1 amide bonds. The molecule has 0 aromatic heterocycles. The molecule has 1 aromatic carbocycles. The van der Waals surface area contributed by atoms with Crippen molar-refractivity contribution in [3.05, 3.63) is 57.2 Å². The summed E-state index contributed by atoms with van der Waals surface area (Å²) in [5.41, 5.74) is 1.19. The van der Waals surface area contributed by atoms with Crippen molar-refractivity contribution >= 4 is 23.6 Å². The highest BCUT2D eigenvalue weighted by atomic mass is 32.2. The molecule has 1 aromatic rings. The SMILES string of the molecule is CSC(=C[N+](=O)[O-])N1CC[C@H](C(=O)N2CC[C@H](c3ccccc3)C2)[C@@H](C(=O)O)C1C. The maximum absolute atomic E-state index is 13.3. The molecule has 0 spiro atoms. The molecule has 0 bridgehead atoms. The highest BCUT2D eigenvalue weighted by molar-refractivity contribution is 8.02. The predicted octanol–water partition coefficient (Wildman–Crippen LogP) is 2.85. The van der Waals surface area contributed by atoms with Crippen LogP contribution < -0.4 is 0 Å². The fourth-order valence-corrected chi connectivity index (χ4v) is 5.37. The zero-order chi connectivity index (χ0) is 21.8. The molecular weight excluding hydrogens is 406 g/mol. The summed E-state index contributed by atoms with van der Waals surface area (Å²) in [7, 11) is 0. The molecule has 30 heavy (non-hydrogen) atoms. The van der Waals surface area contributed by atoms with Gasteiger partial charge in [0.05, 0.1) is 16.8 Å². The molecule has 9 heteroatoms. The van der Waals surface area contributed by atoms with Gasteiger partial charge in [-0.3, -0.25) is 19.7 Å². The first-order valence-corrected chi connectivity index (χ1v) is 11.3. The lowest BCUT2D eigenvalue weighted by Crippen LogP contribution is -2.54. The highest BCUT2D eigenvalue weighted by Gasteiger charge is 2.46. The lowest BCUT2D eigenvalue weighted by atomic mass is 9.79. The van der Waals surface area contributed by atoms with Crippen molar-refractivity contribution in [2.24, 2.45) is 11.8 Å². The van der Waals surface area contributed by atoms with Gasteiger partial charge >= 0.3 is 5.97 Å². The lowest BCUT2D eigenvalue weighted by Gasteiger charge is -2.43. The van der Waals surface area contributed by atoms with Gasteiger partial charge in [0.15, 0.2) is 0 Å². The van der Waals surface area contributed by atoms with Crippen LogP contribution in [0.2, 0.25) is 0 Å². The number of nitrogens with zero attached hydrogens (tertiary/aromatic N) is 3. The van der Waals surface area contributed by atoms with Crippen molar-refractivity contribution < 1.29 is 19.6 Å². The topological polar surface area (TPSA) is 104 Å². The smallest absolute Gasteiger partial charge is 0.309 e. The fraction of sp³-hybridized carbons (Fsp3) is 0.524. The van der Waals surface area contributed by atoms with Crippen LogP contribution in [0.3, 0.4) is 0 Å². The molecule has 0 aliphatic carbocycles. The quantitative estimate of drug-likeness (QED) is 0.543. The monoisotopic (exact) mass is 433 g/mol. The van der Waals surface area contributed by atoms with Gasteiger partial charge in [0, 0.05) is 31.6 Å². The third-order valence-corrected chi connectivity index (χ3v) is 6.97. The number of hydrogen-bond donors (Lipinski definition) is 1. The molecule has 4 atom stereocenters. The molecule has 162 valence electrons. The number of carboxylic acid groups (broad SMARTS) is 1. The van der Waals surface area contributed by atoms with Crippen molar-refractivity contribution in [2.75, 3.05) is 25.9 Å². The van der Waals surface area contributed by atoms with Crippen molar-refractivity contribution in [2.45, 2.75) is 31.7 Å². The van der Waals surface area contributed by atoms with Gasteiger partial charge in [0.1, 0.15) is 5.03 Å². The largest absolute Gasteiger partial charge is 0.481 e. The van der Waals surface area contributed by atoms with Gasteiger partial charge in [0.2, 0.25) is 5.91 Å². The normalized spacial score (nSPS) is 27.2. The number of hydrogen-bond acceptors (Lipinski definition) is 6. The molecule has 3 rings (SSSR count). The lowest BCUT2D eigenvalue weighted by molar-refractivity contribution is -0.403. The van der Waals surface area contributed by atoms with Crippen LogP contribution in [0.25, 0.3) is 0 Å². The summed E-state index contributed by atoms with van der Waals surface area (Å²) in [6.07, 6.45) is 3.86. The van der Waals surface area contributed by atoms with E-state index in [1.54, 1.807) is 23.0 Å². The Bertz CT molecular complexity index is 831. The van der Waals surface area contributed by atoms with Gasteiger partial charge in [-0.1, -0.05) is 30.3 Å².